The number of hydrogen-bond acceptors (Lipinski definition) is 7. The second-order valence-corrected chi connectivity index (χ2v) is 9.30. The van der Waals surface area contributed by atoms with E-state index in [9.17, 15) is 9.59 Å². The van der Waals surface area contributed by atoms with Crippen LogP contribution in [0.5, 0.6) is 0 Å². The van der Waals surface area contributed by atoms with Crippen molar-refractivity contribution in [1.29, 1.82) is 0 Å². The Morgan fingerprint density at radius 2 is 2.08 bits per heavy atom. The molecule has 0 spiro atoms. The minimum Gasteiger partial charge on any atom is -0.427 e. The largest absolute Gasteiger partial charge is 0.528 e. The number of carbonyl (C=O) groups is 2. The summed E-state index contributed by atoms with van der Waals surface area (Å²) >= 11 is 7.12. The number of hydrogen-bond donors (Lipinski definition) is 1. The molecule has 2 rings (SSSR count). The number of nitrogens with one attached hydrogen (secondary N) is 1. The Bertz CT molecular complexity index is 644. The van der Waals surface area contributed by atoms with E-state index in [0.29, 0.717) is 28.7 Å². The van der Waals surface area contributed by atoms with Crippen LogP contribution in [0.15, 0.2) is 12.1 Å². The molecule has 7 nitrogen and oxygen atoms in total. The lowest BCUT2D eigenvalue weighted by Gasteiger charge is -2.26. The van der Waals surface area contributed by atoms with Gasteiger partial charge in [-0.1, -0.05) is 11.6 Å². The van der Waals surface area contributed by atoms with E-state index in [1.54, 1.807) is 38.0 Å². The van der Waals surface area contributed by atoms with Crippen molar-refractivity contribution in [3.8, 4) is 0 Å². The van der Waals surface area contributed by atoms with Crippen molar-refractivity contribution >= 4 is 35.0 Å². The van der Waals surface area contributed by atoms with Crippen molar-refractivity contribution in [1.82, 2.24) is 15.3 Å². The monoisotopic (exact) mass is 403 g/mol. The maximum atomic E-state index is 12.3. The number of thiophene rings is 1. The Morgan fingerprint density at radius 1 is 1.38 bits per heavy atom. The molecule has 0 radical (unpaired) electrons. The van der Waals surface area contributed by atoms with Crippen molar-refractivity contribution in [2.45, 2.75) is 44.9 Å². The minimum absolute atomic E-state index is 0.0326. The number of nitrogens with zero attached hydrogens (tertiary/aromatic N) is 2. The Hall–Kier alpha value is -1.35. The number of hydroxylamine groups is 2. The molecule has 1 amide bonds. The zero-order valence-corrected chi connectivity index (χ0v) is 17.3. The second-order valence-electron chi connectivity index (χ2n) is 7.58. The topological polar surface area (TPSA) is 71.1 Å². The molecular weight excluding hydrogens is 378 g/mol. The van der Waals surface area contributed by atoms with E-state index in [2.05, 4.69) is 5.32 Å². The van der Waals surface area contributed by atoms with E-state index in [4.69, 9.17) is 21.2 Å². The average Bonchev–Trinajstić information content (AvgIpc) is 3.03. The molecule has 0 bridgehead atoms. The summed E-state index contributed by atoms with van der Waals surface area (Å²) in [5, 5.41) is 4.58. The highest BCUT2D eigenvalue weighted by atomic mass is 35.5. The summed E-state index contributed by atoms with van der Waals surface area (Å²) in [5.41, 5.74) is -0.625. The molecular formula is C17H26ClN3O4S. The van der Waals surface area contributed by atoms with E-state index >= 15 is 0 Å². The van der Waals surface area contributed by atoms with E-state index < -0.39 is 11.8 Å². The van der Waals surface area contributed by atoms with Crippen molar-refractivity contribution in [3.05, 3.63) is 21.3 Å². The molecule has 0 saturated carbocycles. The quantitative estimate of drug-likeness (QED) is 0.762. The molecule has 0 aromatic carbocycles. The van der Waals surface area contributed by atoms with Crippen molar-refractivity contribution in [2.75, 3.05) is 27.2 Å². The van der Waals surface area contributed by atoms with Gasteiger partial charge in [0, 0.05) is 12.6 Å². The molecule has 1 N–H and O–H groups in total. The number of rotatable bonds is 5. The lowest BCUT2D eigenvalue weighted by atomic mass is 10.1. The number of halogens is 1. The molecule has 2 heterocycles. The molecule has 26 heavy (non-hydrogen) atoms. The smallest absolute Gasteiger partial charge is 0.427 e. The highest BCUT2D eigenvalue weighted by molar-refractivity contribution is 7.18. The van der Waals surface area contributed by atoms with Gasteiger partial charge in [-0.2, -0.15) is 0 Å². The number of likely N-dealkylation sites (N-methyl/N-ethyl adjacent to an activating group) is 1. The lowest BCUT2D eigenvalue weighted by molar-refractivity contribution is -0.153. The van der Waals surface area contributed by atoms with Crippen molar-refractivity contribution in [3.63, 3.8) is 0 Å². The lowest BCUT2D eigenvalue weighted by Crippen LogP contribution is -2.40. The minimum atomic E-state index is -0.738. The van der Waals surface area contributed by atoms with Crippen molar-refractivity contribution < 1.29 is 19.2 Å². The maximum absolute atomic E-state index is 12.3. The predicted octanol–water partition coefficient (Wildman–Crippen LogP) is 3.00. The van der Waals surface area contributed by atoms with Gasteiger partial charge in [-0.3, -0.25) is 4.79 Å². The normalized spacial score (nSPS) is 21.0. The van der Waals surface area contributed by atoms with E-state index in [-0.39, 0.29) is 18.0 Å². The zero-order valence-electron chi connectivity index (χ0n) is 15.7. The predicted molar refractivity (Wildman–Crippen MR) is 102 cm³/mol. The molecule has 146 valence electrons. The Morgan fingerprint density at radius 3 is 2.62 bits per heavy atom. The van der Waals surface area contributed by atoms with Gasteiger partial charge >= 0.3 is 6.16 Å². The van der Waals surface area contributed by atoms with Crippen LogP contribution in [-0.2, 0) is 9.57 Å². The molecule has 0 aliphatic carbocycles. The van der Waals surface area contributed by atoms with Crippen LogP contribution < -0.4 is 5.32 Å². The van der Waals surface area contributed by atoms with Gasteiger partial charge in [-0.15, -0.1) is 16.4 Å². The first kappa shape index (κ1) is 21.0. The van der Waals surface area contributed by atoms with E-state index in [1.165, 1.54) is 11.3 Å². The number of ether oxygens (including phenoxy) is 1. The molecule has 0 unspecified atom stereocenters. The molecule has 1 aliphatic heterocycles. The van der Waals surface area contributed by atoms with Crippen LogP contribution in [0, 0.1) is 0 Å². The molecule has 1 fully saturated rings. The number of amides is 1. The highest BCUT2D eigenvalue weighted by Gasteiger charge is 2.37. The Balaban J connectivity index is 1.98. The summed E-state index contributed by atoms with van der Waals surface area (Å²) in [4.78, 5) is 32.3. The first-order valence-corrected chi connectivity index (χ1v) is 9.61. The van der Waals surface area contributed by atoms with Crippen LogP contribution in [-0.4, -0.2) is 66.9 Å². The van der Waals surface area contributed by atoms with Crippen LogP contribution in [0.4, 0.5) is 4.79 Å². The maximum Gasteiger partial charge on any atom is 0.528 e. The van der Waals surface area contributed by atoms with E-state index in [1.807, 2.05) is 19.0 Å². The zero-order chi connectivity index (χ0) is 19.5. The van der Waals surface area contributed by atoms with Gasteiger partial charge < -0.3 is 19.8 Å². The standard InChI is InChI=1S/C17H26ClN3O4S/c1-17(2,3)24-16(23)25-21-9-11(8-12(21)10-20(4)5)19-15(22)13-6-7-14(18)26-13/h6-7,11-12H,8-10H2,1-5H3,(H,19,22)/t11-,12+/m1/s1. The molecule has 1 aliphatic rings. The molecule has 1 aromatic heterocycles. The average molecular weight is 404 g/mol. The van der Waals surface area contributed by atoms with Crippen LogP contribution in [0.1, 0.15) is 36.9 Å². The summed E-state index contributed by atoms with van der Waals surface area (Å²) in [6.07, 6.45) is -0.0653. The van der Waals surface area contributed by atoms with Gasteiger partial charge in [0.15, 0.2) is 0 Å². The van der Waals surface area contributed by atoms with Gasteiger partial charge in [0.25, 0.3) is 5.91 Å². The molecule has 2 atom stereocenters. The summed E-state index contributed by atoms with van der Waals surface area (Å²) in [6.45, 7) is 6.45. The van der Waals surface area contributed by atoms with Crippen molar-refractivity contribution in [2.24, 2.45) is 0 Å². The summed E-state index contributed by atoms with van der Waals surface area (Å²) in [5.74, 6) is -0.172. The fraction of sp³-hybridized carbons (Fsp3) is 0.647. The third kappa shape index (κ3) is 6.42. The summed E-state index contributed by atoms with van der Waals surface area (Å²) < 4.78 is 5.80. The van der Waals surface area contributed by atoms with Gasteiger partial charge in [-0.05, 0) is 53.4 Å². The fourth-order valence-electron chi connectivity index (χ4n) is 2.75. The van der Waals surface area contributed by atoms with Crippen LogP contribution >= 0.6 is 22.9 Å². The van der Waals surface area contributed by atoms with Gasteiger partial charge in [0.2, 0.25) is 0 Å². The molecule has 1 aromatic rings. The van der Waals surface area contributed by atoms with Crippen LogP contribution in [0.3, 0.4) is 0 Å². The molecule has 9 heteroatoms. The third-order valence-electron chi connectivity index (χ3n) is 3.65. The van der Waals surface area contributed by atoms with Gasteiger partial charge in [-0.25, -0.2) is 4.79 Å². The summed E-state index contributed by atoms with van der Waals surface area (Å²) in [6, 6.07) is 3.23. The fourth-order valence-corrected chi connectivity index (χ4v) is 3.69. The Labute approximate surface area is 163 Å². The second kappa shape index (κ2) is 8.56. The van der Waals surface area contributed by atoms with Gasteiger partial charge in [0.1, 0.15) is 5.60 Å². The Kier molecular flexibility index (Phi) is 6.90. The number of carbonyl (C=O) groups excluding carboxylic acids is 2. The van der Waals surface area contributed by atoms with E-state index in [0.717, 1.165) is 0 Å². The molecule has 1 saturated heterocycles. The first-order valence-electron chi connectivity index (χ1n) is 8.42. The summed E-state index contributed by atoms with van der Waals surface area (Å²) in [7, 11) is 3.90. The van der Waals surface area contributed by atoms with Crippen LogP contribution in [0.2, 0.25) is 4.34 Å². The van der Waals surface area contributed by atoms with Gasteiger partial charge in [0.05, 0.1) is 21.8 Å². The van der Waals surface area contributed by atoms with Crippen LogP contribution in [0.25, 0.3) is 0 Å². The highest BCUT2D eigenvalue weighted by Crippen LogP contribution is 2.24. The first-order chi connectivity index (χ1) is 12.0. The third-order valence-corrected chi connectivity index (χ3v) is 4.88. The SMILES string of the molecule is CN(C)C[C@@H]1C[C@@H](NC(=O)c2ccc(Cl)s2)CN1OC(=O)OC(C)(C)C.